The van der Waals surface area contributed by atoms with Gasteiger partial charge in [0.05, 0.1) is 4.47 Å². The summed E-state index contributed by atoms with van der Waals surface area (Å²) < 4.78 is 6.52. The van der Waals surface area contributed by atoms with E-state index in [4.69, 9.17) is 4.74 Å². The molecule has 0 saturated carbocycles. The maximum Gasteiger partial charge on any atom is 0.408 e. The van der Waals surface area contributed by atoms with E-state index in [1.807, 2.05) is 0 Å². The van der Waals surface area contributed by atoms with Crippen LogP contribution in [-0.4, -0.2) is 39.4 Å². The molecule has 23 heavy (non-hydrogen) atoms. The molecule has 8 nitrogen and oxygen atoms in total. The molecule has 1 aromatic heterocycles. The van der Waals surface area contributed by atoms with E-state index in [0.29, 0.717) is 10.0 Å². The molecule has 0 fully saturated rings. The predicted octanol–water partition coefficient (Wildman–Crippen LogP) is 2.24. The number of aromatic carboxylic acids is 1. The number of ether oxygens (including phenoxy) is 1. The van der Waals surface area contributed by atoms with Crippen molar-refractivity contribution in [3.63, 3.8) is 0 Å². The standard InChI is InChI=1S/C14H20BrN3O5/c1-7-6-18(10(9(7)15)12(20)21)17-11(19)8(2)16-13(22)23-14(3,4)5/h6,8H,1-5H3,(H,16,22)(H,17,19)(H,20,21)/t8-/m0/s1. The average molecular weight is 390 g/mol. The van der Waals surface area contributed by atoms with Crippen LogP contribution < -0.4 is 10.7 Å². The number of nitrogens with zero attached hydrogens (tertiary/aromatic N) is 1. The van der Waals surface area contributed by atoms with Gasteiger partial charge in [0.2, 0.25) is 0 Å². The van der Waals surface area contributed by atoms with Crippen LogP contribution in [0.4, 0.5) is 4.79 Å². The third-order valence-electron chi connectivity index (χ3n) is 2.68. The molecule has 0 aliphatic carbocycles. The predicted molar refractivity (Wildman–Crippen MR) is 87.0 cm³/mol. The Kier molecular flexibility index (Phi) is 5.81. The Bertz CT molecular complexity index is 633. The second kappa shape index (κ2) is 7.03. The molecule has 1 aromatic rings. The quantitative estimate of drug-likeness (QED) is 0.731. The lowest BCUT2D eigenvalue weighted by Crippen LogP contribution is -2.45. The minimum Gasteiger partial charge on any atom is -0.476 e. The maximum absolute atomic E-state index is 12.1. The van der Waals surface area contributed by atoms with E-state index in [1.54, 1.807) is 27.7 Å². The Morgan fingerprint density at radius 1 is 1.35 bits per heavy atom. The Balaban J connectivity index is 2.79. The number of aromatic nitrogens is 1. The second-order valence-corrected chi connectivity index (χ2v) is 6.79. The second-order valence-electron chi connectivity index (χ2n) is 5.99. The lowest BCUT2D eigenvalue weighted by Gasteiger charge is -2.21. The summed E-state index contributed by atoms with van der Waals surface area (Å²) in [6, 6.07) is -0.909. The summed E-state index contributed by atoms with van der Waals surface area (Å²) >= 11 is 3.16. The molecule has 0 aromatic carbocycles. The number of carboxylic acids is 1. The third kappa shape index (κ3) is 5.27. The molecule has 0 aliphatic heterocycles. The SMILES string of the molecule is Cc1cn(NC(=O)[C@H](C)NC(=O)OC(C)(C)C)c(C(=O)O)c1Br. The summed E-state index contributed by atoms with van der Waals surface area (Å²) in [6.07, 6.45) is 0.731. The van der Waals surface area contributed by atoms with Crippen LogP contribution >= 0.6 is 15.9 Å². The Morgan fingerprint density at radius 3 is 2.39 bits per heavy atom. The summed E-state index contributed by atoms with van der Waals surface area (Å²) in [4.78, 5) is 35.0. The van der Waals surface area contributed by atoms with Crippen LogP contribution in [0.3, 0.4) is 0 Å². The van der Waals surface area contributed by atoms with Gasteiger partial charge in [-0.15, -0.1) is 0 Å². The fraction of sp³-hybridized carbons (Fsp3) is 0.500. The monoisotopic (exact) mass is 389 g/mol. The van der Waals surface area contributed by atoms with Crippen molar-refractivity contribution in [3.8, 4) is 0 Å². The first kappa shape index (κ1) is 19.0. The Labute approximate surface area is 142 Å². The molecular formula is C14H20BrN3O5. The molecular weight excluding hydrogens is 370 g/mol. The molecule has 0 aliphatic rings. The van der Waals surface area contributed by atoms with Gasteiger partial charge in [-0.05, 0) is 56.1 Å². The largest absolute Gasteiger partial charge is 0.476 e. The van der Waals surface area contributed by atoms with Crippen LogP contribution in [-0.2, 0) is 9.53 Å². The van der Waals surface area contributed by atoms with Gasteiger partial charge in [-0.3, -0.25) is 14.9 Å². The van der Waals surface area contributed by atoms with Crippen molar-refractivity contribution < 1.29 is 24.2 Å². The van der Waals surface area contributed by atoms with Crippen molar-refractivity contribution in [2.45, 2.75) is 46.3 Å². The van der Waals surface area contributed by atoms with Crippen LogP contribution in [0.5, 0.6) is 0 Å². The normalized spacial score (nSPS) is 12.4. The van der Waals surface area contributed by atoms with E-state index in [2.05, 4.69) is 26.7 Å². The summed E-state index contributed by atoms with van der Waals surface area (Å²) in [6.45, 7) is 8.27. The molecule has 2 amide bonds. The Morgan fingerprint density at radius 2 is 1.91 bits per heavy atom. The van der Waals surface area contributed by atoms with Crippen molar-refractivity contribution in [3.05, 3.63) is 21.9 Å². The van der Waals surface area contributed by atoms with E-state index in [0.717, 1.165) is 4.68 Å². The van der Waals surface area contributed by atoms with Gasteiger partial charge in [-0.2, -0.15) is 0 Å². The fourth-order valence-corrected chi connectivity index (χ4v) is 2.12. The lowest BCUT2D eigenvalue weighted by atomic mass is 10.2. The first-order valence-electron chi connectivity index (χ1n) is 6.83. The first-order chi connectivity index (χ1) is 10.4. The third-order valence-corrected chi connectivity index (χ3v) is 3.68. The van der Waals surface area contributed by atoms with E-state index in [9.17, 15) is 19.5 Å². The molecule has 1 rings (SSSR count). The molecule has 3 N–H and O–H groups in total. The minimum atomic E-state index is -1.20. The van der Waals surface area contributed by atoms with Gasteiger partial charge in [0.25, 0.3) is 5.91 Å². The molecule has 0 bridgehead atoms. The average Bonchev–Trinajstić information content (AvgIpc) is 2.61. The summed E-state index contributed by atoms with van der Waals surface area (Å²) in [7, 11) is 0. The highest BCUT2D eigenvalue weighted by atomic mass is 79.9. The summed E-state index contributed by atoms with van der Waals surface area (Å²) in [5.41, 5.74) is 2.27. The number of halogens is 1. The van der Waals surface area contributed by atoms with Crippen molar-refractivity contribution >= 4 is 33.9 Å². The smallest absolute Gasteiger partial charge is 0.408 e. The molecule has 128 valence electrons. The number of aryl methyl sites for hydroxylation is 1. The summed E-state index contributed by atoms with van der Waals surface area (Å²) in [5, 5.41) is 11.6. The van der Waals surface area contributed by atoms with Gasteiger partial charge in [0, 0.05) is 6.20 Å². The molecule has 9 heteroatoms. The highest BCUT2D eigenvalue weighted by Gasteiger charge is 2.23. The van der Waals surface area contributed by atoms with Crippen molar-refractivity contribution in [2.75, 3.05) is 5.43 Å². The van der Waals surface area contributed by atoms with E-state index < -0.39 is 29.6 Å². The van der Waals surface area contributed by atoms with E-state index in [1.165, 1.54) is 13.1 Å². The van der Waals surface area contributed by atoms with Crippen LogP contribution in [0.15, 0.2) is 10.7 Å². The van der Waals surface area contributed by atoms with Crippen LogP contribution in [0.25, 0.3) is 0 Å². The highest BCUT2D eigenvalue weighted by Crippen LogP contribution is 2.22. The van der Waals surface area contributed by atoms with E-state index in [-0.39, 0.29) is 5.69 Å². The Hall–Kier alpha value is -2.03. The van der Waals surface area contributed by atoms with Gasteiger partial charge in [-0.1, -0.05) is 0 Å². The molecule has 0 saturated heterocycles. The molecule has 0 spiro atoms. The maximum atomic E-state index is 12.1. The zero-order valence-electron chi connectivity index (χ0n) is 13.6. The molecule has 1 atom stereocenters. The van der Waals surface area contributed by atoms with E-state index >= 15 is 0 Å². The number of hydrogen-bond acceptors (Lipinski definition) is 4. The van der Waals surface area contributed by atoms with Gasteiger partial charge in [-0.25, -0.2) is 9.59 Å². The topological polar surface area (TPSA) is 110 Å². The summed E-state index contributed by atoms with van der Waals surface area (Å²) in [5.74, 6) is -1.78. The lowest BCUT2D eigenvalue weighted by molar-refractivity contribution is -0.118. The van der Waals surface area contributed by atoms with Crippen LogP contribution in [0.1, 0.15) is 43.7 Å². The number of hydrogen-bond donors (Lipinski definition) is 3. The number of amides is 2. The number of alkyl carbamates (subject to hydrolysis) is 1. The first-order valence-corrected chi connectivity index (χ1v) is 7.62. The van der Waals surface area contributed by atoms with Crippen LogP contribution in [0.2, 0.25) is 0 Å². The molecule has 0 radical (unpaired) electrons. The van der Waals surface area contributed by atoms with Gasteiger partial charge >= 0.3 is 12.1 Å². The van der Waals surface area contributed by atoms with Crippen molar-refractivity contribution in [1.29, 1.82) is 0 Å². The number of carbonyl (C=O) groups is 3. The molecule has 0 unspecified atom stereocenters. The molecule has 1 heterocycles. The zero-order chi connectivity index (χ0) is 17.9. The zero-order valence-corrected chi connectivity index (χ0v) is 15.1. The number of nitrogens with one attached hydrogen (secondary N) is 2. The van der Waals surface area contributed by atoms with Gasteiger partial charge in [0.1, 0.15) is 11.6 Å². The number of rotatable bonds is 4. The van der Waals surface area contributed by atoms with Gasteiger partial charge in [0.15, 0.2) is 5.69 Å². The fourth-order valence-electron chi connectivity index (χ4n) is 1.66. The van der Waals surface area contributed by atoms with Crippen LogP contribution in [0, 0.1) is 6.92 Å². The number of carboxylic acid groups (broad SMARTS) is 1. The van der Waals surface area contributed by atoms with Crippen molar-refractivity contribution in [1.82, 2.24) is 9.99 Å². The van der Waals surface area contributed by atoms with Gasteiger partial charge < -0.3 is 15.2 Å². The number of carbonyl (C=O) groups excluding carboxylic acids is 2. The van der Waals surface area contributed by atoms with Crippen molar-refractivity contribution in [2.24, 2.45) is 0 Å². The highest BCUT2D eigenvalue weighted by molar-refractivity contribution is 9.10. The minimum absolute atomic E-state index is 0.111.